The molecule has 1 N–H and O–H groups in total. The van der Waals surface area contributed by atoms with Crippen molar-refractivity contribution in [3.63, 3.8) is 0 Å². The van der Waals surface area contributed by atoms with Crippen LogP contribution in [0.3, 0.4) is 0 Å². The van der Waals surface area contributed by atoms with Crippen molar-refractivity contribution in [1.29, 1.82) is 0 Å². The molecule has 3 aromatic rings. The molecule has 0 bridgehead atoms. The van der Waals surface area contributed by atoms with E-state index < -0.39 is 6.10 Å². The number of likely N-dealkylation sites (tertiary alicyclic amines) is 1. The number of fused-ring (bicyclic) bond motifs is 1. The molecule has 4 rings (SSSR count). The second kappa shape index (κ2) is 8.39. The highest BCUT2D eigenvalue weighted by molar-refractivity contribution is 5.71. The highest BCUT2D eigenvalue weighted by Gasteiger charge is 2.20. The molecule has 2 aromatic heterocycles. The number of carbonyl (C=O) groups is 1. The monoisotopic (exact) mass is 380 g/mol. The number of aromatic nitrogens is 3. The van der Waals surface area contributed by atoms with Crippen LogP contribution in [0.1, 0.15) is 36.8 Å². The van der Waals surface area contributed by atoms with Gasteiger partial charge in [0.2, 0.25) is 0 Å². The smallest absolute Gasteiger partial charge is 0.410 e. The number of imidazole rings is 1. The van der Waals surface area contributed by atoms with Crippen LogP contribution in [0, 0.1) is 0 Å². The highest BCUT2D eigenvalue weighted by atomic mass is 16.6. The standard InChI is InChI=1S/C21H24N4O3/c26-18(16-8-3-1-4-9-16)14-25-17-10-7-11-22-20(17)23-19(25)15-28-21(27)24-12-5-2-6-13-24/h1,3-4,7-11,18,26H,2,5-6,12-15H2. The Balaban J connectivity index is 1.54. The van der Waals surface area contributed by atoms with Gasteiger partial charge in [0.25, 0.3) is 0 Å². The average molecular weight is 380 g/mol. The van der Waals surface area contributed by atoms with E-state index in [9.17, 15) is 9.90 Å². The maximum absolute atomic E-state index is 12.3. The summed E-state index contributed by atoms with van der Waals surface area (Å²) in [6.07, 6.45) is 3.85. The first kappa shape index (κ1) is 18.4. The van der Waals surface area contributed by atoms with Gasteiger partial charge in [0.1, 0.15) is 5.82 Å². The van der Waals surface area contributed by atoms with Gasteiger partial charge in [0.05, 0.1) is 18.2 Å². The molecular weight excluding hydrogens is 356 g/mol. The maximum Gasteiger partial charge on any atom is 0.410 e. The van der Waals surface area contributed by atoms with Gasteiger partial charge in [0, 0.05) is 19.3 Å². The molecule has 1 atom stereocenters. The van der Waals surface area contributed by atoms with Crippen molar-refractivity contribution in [1.82, 2.24) is 19.4 Å². The van der Waals surface area contributed by atoms with Crippen molar-refractivity contribution < 1.29 is 14.6 Å². The van der Waals surface area contributed by atoms with E-state index >= 15 is 0 Å². The van der Waals surface area contributed by atoms with Gasteiger partial charge in [-0.3, -0.25) is 0 Å². The molecule has 0 saturated carbocycles. The van der Waals surface area contributed by atoms with Crippen molar-refractivity contribution in [3.05, 3.63) is 60.0 Å². The molecule has 7 nitrogen and oxygen atoms in total. The normalized spacial score (nSPS) is 15.5. The summed E-state index contributed by atoms with van der Waals surface area (Å²) in [6, 6.07) is 13.2. The third-order valence-electron chi connectivity index (χ3n) is 5.08. The van der Waals surface area contributed by atoms with E-state index in [1.54, 1.807) is 11.1 Å². The Morgan fingerprint density at radius 2 is 1.89 bits per heavy atom. The van der Waals surface area contributed by atoms with Gasteiger partial charge in [-0.05, 0) is 37.0 Å². The number of piperidine rings is 1. The van der Waals surface area contributed by atoms with Crippen molar-refractivity contribution in [2.24, 2.45) is 0 Å². The summed E-state index contributed by atoms with van der Waals surface area (Å²) in [4.78, 5) is 22.9. The van der Waals surface area contributed by atoms with Gasteiger partial charge in [-0.1, -0.05) is 30.3 Å². The minimum atomic E-state index is -0.699. The summed E-state index contributed by atoms with van der Waals surface area (Å²) in [5.74, 6) is 0.578. The lowest BCUT2D eigenvalue weighted by molar-refractivity contribution is 0.0852. The quantitative estimate of drug-likeness (QED) is 0.735. The number of rotatable bonds is 5. The van der Waals surface area contributed by atoms with E-state index in [1.807, 2.05) is 47.0 Å². The SMILES string of the molecule is O=C(OCc1nc2ncccc2n1CC(O)c1ccccc1)N1CCCCC1. The molecule has 1 amide bonds. The van der Waals surface area contributed by atoms with Crippen LogP contribution >= 0.6 is 0 Å². The van der Waals surface area contributed by atoms with Gasteiger partial charge in [-0.15, -0.1) is 0 Å². The predicted molar refractivity (Wildman–Crippen MR) is 105 cm³/mol. The van der Waals surface area contributed by atoms with Gasteiger partial charge in [0.15, 0.2) is 12.3 Å². The highest BCUT2D eigenvalue weighted by Crippen LogP contribution is 2.21. The molecule has 1 aliphatic heterocycles. The van der Waals surface area contributed by atoms with Crippen LogP contribution in [0.15, 0.2) is 48.7 Å². The van der Waals surface area contributed by atoms with E-state index in [0.717, 1.165) is 43.4 Å². The van der Waals surface area contributed by atoms with E-state index in [4.69, 9.17) is 4.74 Å². The molecular formula is C21H24N4O3. The number of aliphatic hydroxyl groups excluding tert-OH is 1. The summed E-state index contributed by atoms with van der Waals surface area (Å²) in [6.45, 7) is 1.84. The summed E-state index contributed by atoms with van der Waals surface area (Å²) in [5, 5.41) is 10.7. The summed E-state index contributed by atoms with van der Waals surface area (Å²) in [5.41, 5.74) is 2.21. The van der Waals surface area contributed by atoms with E-state index in [2.05, 4.69) is 9.97 Å². The van der Waals surface area contributed by atoms with Crippen LogP contribution in [0.2, 0.25) is 0 Å². The Morgan fingerprint density at radius 1 is 1.11 bits per heavy atom. The minimum Gasteiger partial charge on any atom is -0.441 e. The molecule has 0 spiro atoms. The number of aliphatic hydroxyl groups is 1. The molecule has 1 aliphatic rings. The van der Waals surface area contributed by atoms with Crippen molar-refractivity contribution in [3.8, 4) is 0 Å². The molecule has 146 valence electrons. The predicted octanol–water partition coefficient (Wildman–Crippen LogP) is 3.29. The zero-order valence-electron chi connectivity index (χ0n) is 15.7. The number of hydrogen-bond donors (Lipinski definition) is 1. The van der Waals surface area contributed by atoms with E-state index in [1.165, 1.54) is 0 Å². The Bertz CT molecular complexity index is 935. The molecule has 0 radical (unpaired) electrons. The number of hydrogen-bond acceptors (Lipinski definition) is 5. The van der Waals surface area contributed by atoms with Crippen LogP contribution in [0.4, 0.5) is 4.79 Å². The fourth-order valence-corrected chi connectivity index (χ4v) is 3.57. The van der Waals surface area contributed by atoms with Crippen molar-refractivity contribution >= 4 is 17.3 Å². The minimum absolute atomic E-state index is 0.0488. The Labute approximate surface area is 163 Å². The lowest BCUT2D eigenvalue weighted by Crippen LogP contribution is -2.36. The van der Waals surface area contributed by atoms with Gasteiger partial charge in [-0.25, -0.2) is 14.8 Å². The molecule has 1 saturated heterocycles. The summed E-state index contributed by atoms with van der Waals surface area (Å²) >= 11 is 0. The number of benzene rings is 1. The van der Waals surface area contributed by atoms with Crippen LogP contribution in [0.25, 0.3) is 11.2 Å². The fraction of sp³-hybridized carbons (Fsp3) is 0.381. The Morgan fingerprint density at radius 3 is 2.68 bits per heavy atom. The van der Waals surface area contributed by atoms with Crippen LogP contribution in [0.5, 0.6) is 0 Å². The number of nitrogens with zero attached hydrogens (tertiary/aromatic N) is 4. The van der Waals surface area contributed by atoms with Crippen LogP contribution in [-0.4, -0.2) is 43.7 Å². The van der Waals surface area contributed by atoms with Crippen LogP contribution < -0.4 is 0 Å². The van der Waals surface area contributed by atoms with Gasteiger partial charge in [-0.2, -0.15) is 0 Å². The van der Waals surface area contributed by atoms with Gasteiger partial charge < -0.3 is 19.3 Å². The third-order valence-corrected chi connectivity index (χ3v) is 5.08. The van der Waals surface area contributed by atoms with Crippen molar-refractivity contribution in [2.75, 3.05) is 13.1 Å². The number of carbonyl (C=O) groups excluding carboxylic acids is 1. The third kappa shape index (κ3) is 3.99. The molecule has 1 fully saturated rings. The summed E-state index contributed by atoms with van der Waals surface area (Å²) in [7, 11) is 0. The molecule has 1 unspecified atom stereocenters. The van der Waals surface area contributed by atoms with Crippen molar-refractivity contribution in [2.45, 2.75) is 38.5 Å². The first-order chi connectivity index (χ1) is 13.7. The first-order valence-corrected chi connectivity index (χ1v) is 9.67. The first-order valence-electron chi connectivity index (χ1n) is 9.67. The zero-order chi connectivity index (χ0) is 19.3. The number of pyridine rings is 1. The molecule has 28 heavy (non-hydrogen) atoms. The summed E-state index contributed by atoms with van der Waals surface area (Å²) < 4.78 is 7.40. The zero-order valence-corrected chi connectivity index (χ0v) is 15.7. The maximum atomic E-state index is 12.3. The Kier molecular flexibility index (Phi) is 5.53. The lowest BCUT2D eigenvalue weighted by atomic mass is 10.1. The molecule has 1 aromatic carbocycles. The van der Waals surface area contributed by atoms with E-state index in [-0.39, 0.29) is 12.7 Å². The molecule has 3 heterocycles. The van der Waals surface area contributed by atoms with Crippen LogP contribution in [-0.2, 0) is 17.9 Å². The second-order valence-electron chi connectivity index (χ2n) is 7.01. The fourth-order valence-electron chi connectivity index (χ4n) is 3.57. The molecule has 7 heteroatoms. The lowest BCUT2D eigenvalue weighted by Gasteiger charge is -2.25. The number of ether oxygens (including phenoxy) is 1. The van der Waals surface area contributed by atoms with E-state index in [0.29, 0.717) is 18.0 Å². The Hall–Kier alpha value is -2.93. The largest absolute Gasteiger partial charge is 0.441 e. The second-order valence-corrected chi connectivity index (χ2v) is 7.01. The average Bonchev–Trinajstić information content (AvgIpc) is 3.10. The van der Waals surface area contributed by atoms with Gasteiger partial charge >= 0.3 is 6.09 Å². The molecule has 0 aliphatic carbocycles. The topological polar surface area (TPSA) is 80.5 Å². The number of amides is 1.